The van der Waals surface area contributed by atoms with Gasteiger partial charge < -0.3 is 23.7 Å². The lowest BCUT2D eigenvalue weighted by atomic mass is 10.1. The fraction of sp³-hybridized carbons (Fsp3) is 0.176. The van der Waals surface area contributed by atoms with Gasteiger partial charge in [0.1, 0.15) is 53.9 Å². The fourth-order valence-corrected chi connectivity index (χ4v) is 4.21. The van der Waals surface area contributed by atoms with E-state index in [1.165, 1.54) is 12.1 Å². The zero-order valence-corrected chi connectivity index (χ0v) is 23.3. The Hall–Kier alpha value is -5.04. The van der Waals surface area contributed by atoms with Crippen LogP contribution in [-0.2, 0) is 18.0 Å². The highest BCUT2D eigenvalue weighted by molar-refractivity contribution is 5.97. The zero-order valence-electron chi connectivity index (χ0n) is 23.3. The van der Waals surface area contributed by atoms with Crippen molar-refractivity contribution in [3.05, 3.63) is 131 Å². The van der Waals surface area contributed by atoms with Gasteiger partial charge in [-0.05, 0) is 48.2 Å². The second kappa shape index (κ2) is 13.8. The van der Waals surface area contributed by atoms with Gasteiger partial charge in [-0.15, -0.1) is 0 Å². The SMILES string of the molecule is C=CCOC(=O)c1c(C)cc(OC(=O)c2c(C)cc(OC)cc2OCc2ccccc2)cc1OCc1ccccc1. The molecule has 0 heterocycles. The largest absolute Gasteiger partial charge is 0.497 e. The molecule has 4 rings (SSSR count). The summed E-state index contributed by atoms with van der Waals surface area (Å²) in [6, 6.07) is 25.7. The minimum atomic E-state index is -0.622. The first-order valence-corrected chi connectivity index (χ1v) is 13.1. The zero-order chi connectivity index (χ0) is 29.2. The summed E-state index contributed by atoms with van der Waals surface area (Å²) in [6.45, 7) is 7.61. The maximum Gasteiger partial charge on any atom is 0.347 e. The van der Waals surface area contributed by atoms with Gasteiger partial charge in [0.05, 0.1) is 7.11 Å². The second-order valence-corrected chi connectivity index (χ2v) is 9.26. The molecule has 0 radical (unpaired) electrons. The molecule has 210 valence electrons. The summed E-state index contributed by atoms with van der Waals surface area (Å²) in [4.78, 5) is 26.4. The molecule has 0 N–H and O–H groups in total. The number of ether oxygens (including phenoxy) is 5. The summed E-state index contributed by atoms with van der Waals surface area (Å²) in [6.07, 6.45) is 1.49. The molecule has 0 atom stereocenters. The molecule has 7 heteroatoms. The van der Waals surface area contributed by atoms with Gasteiger partial charge in [0.2, 0.25) is 0 Å². The predicted molar refractivity (Wildman–Crippen MR) is 156 cm³/mol. The van der Waals surface area contributed by atoms with Gasteiger partial charge in [0, 0.05) is 12.1 Å². The number of esters is 2. The Morgan fingerprint density at radius 3 is 1.71 bits per heavy atom. The maximum atomic E-state index is 13.5. The van der Waals surface area contributed by atoms with E-state index in [9.17, 15) is 9.59 Å². The van der Waals surface area contributed by atoms with E-state index in [2.05, 4.69) is 6.58 Å². The Balaban J connectivity index is 1.64. The normalized spacial score (nSPS) is 10.4. The van der Waals surface area contributed by atoms with Gasteiger partial charge in [0.25, 0.3) is 0 Å². The Labute approximate surface area is 239 Å². The van der Waals surface area contributed by atoms with Crippen molar-refractivity contribution >= 4 is 11.9 Å². The van der Waals surface area contributed by atoms with Crippen molar-refractivity contribution < 1.29 is 33.3 Å². The van der Waals surface area contributed by atoms with Crippen molar-refractivity contribution in [2.24, 2.45) is 0 Å². The number of carbonyl (C=O) groups excluding carboxylic acids is 2. The first-order valence-electron chi connectivity index (χ1n) is 13.1. The molecule has 0 aliphatic carbocycles. The number of carbonyl (C=O) groups is 2. The molecule has 0 unspecified atom stereocenters. The minimum Gasteiger partial charge on any atom is -0.497 e. The smallest absolute Gasteiger partial charge is 0.347 e. The summed E-state index contributed by atoms with van der Waals surface area (Å²) < 4.78 is 28.6. The number of hydrogen-bond donors (Lipinski definition) is 0. The molecule has 4 aromatic rings. The van der Waals surface area contributed by atoms with Crippen LogP contribution < -0.4 is 18.9 Å². The lowest BCUT2D eigenvalue weighted by Crippen LogP contribution is -2.15. The highest BCUT2D eigenvalue weighted by Crippen LogP contribution is 2.34. The van der Waals surface area contributed by atoms with Crippen molar-refractivity contribution in [2.45, 2.75) is 27.1 Å². The molecule has 0 fully saturated rings. The van der Waals surface area contributed by atoms with E-state index in [1.807, 2.05) is 60.7 Å². The molecule has 0 amide bonds. The van der Waals surface area contributed by atoms with Crippen LogP contribution in [0, 0.1) is 13.8 Å². The van der Waals surface area contributed by atoms with E-state index in [0.717, 1.165) is 11.1 Å². The third kappa shape index (κ3) is 7.54. The van der Waals surface area contributed by atoms with Crippen LogP contribution in [0.15, 0.2) is 97.6 Å². The van der Waals surface area contributed by atoms with E-state index < -0.39 is 11.9 Å². The van der Waals surface area contributed by atoms with Gasteiger partial charge in [-0.3, -0.25) is 0 Å². The number of aryl methyl sites for hydroxylation is 2. The average Bonchev–Trinajstić information content (AvgIpc) is 2.98. The molecule has 0 aliphatic rings. The summed E-state index contributed by atoms with van der Waals surface area (Å²) in [7, 11) is 1.55. The maximum absolute atomic E-state index is 13.5. The van der Waals surface area contributed by atoms with Crippen LogP contribution in [-0.4, -0.2) is 25.7 Å². The van der Waals surface area contributed by atoms with E-state index in [-0.39, 0.29) is 42.4 Å². The van der Waals surface area contributed by atoms with E-state index in [1.54, 1.807) is 39.2 Å². The first-order chi connectivity index (χ1) is 19.9. The van der Waals surface area contributed by atoms with Crippen LogP contribution >= 0.6 is 0 Å². The van der Waals surface area contributed by atoms with Crippen LogP contribution in [0.25, 0.3) is 0 Å². The van der Waals surface area contributed by atoms with Crippen molar-refractivity contribution in [1.82, 2.24) is 0 Å². The van der Waals surface area contributed by atoms with Crippen molar-refractivity contribution in [2.75, 3.05) is 13.7 Å². The molecule has 0 aromatic heterocycles. The topological polar surface area (TPSA) is 80.3 Å². The van der Waals surface area contributed by atoms with Crippen LogP contribution in [0.1, 0.15) is 43.0 Å². The van der Waals surface area contributed by atoms with Crippen molar-refractivity contribution in [1.29, 1.82) is 0 Å². The molecule has 7 nitrogen and oxygen atoms in total. The van der Waals surface area contributed by atoms with Gasteiger partial charge >= 0.3 is 11.9 Å². The van der Waals surface area contributed by atoms with Gasteiger partial charge in [-0.25, -0.2) is 9.59 Å². The van der Waals surface area contributed by atoms with Crippen molar-refractivity contribution in [3.8, 4) is 23.0 Å². The molecule has 41 heavy (non-hydrogen) atoms. The van der Waals surface area contributed by atoms with Gasteiger partial charge in [-0.1, -0.05) is 73.3 Å². The monoisotopic (exact) mass is 552 g/mol. The molecular weight excluding hydrogens is 520 g/mol. The van der Waals surface area contributed by atoms with Crippen LogP contribution in [0.3, 0.4) is 0 Å². The van der Waals surface area contributed by atoms with Gasteiger partial charge in [-0.2, -0.15) is 0 Å². The van der Waals surface area contributed by atoms with E-state index in [4.69, 9.17) is 23.7 Å². The number of rotatable bonds is 12. The van der Waals surface area contributed by atoms with Gasteiger partial charge in [0.15, 0.2) is 0 Å². The predicted octanol–water partition coefficient (Wildman–Crippen LogP) is 7.03. The Morgan fingerprint density at radius 2 is 1.20 bits per heavy atom. The molecular formula is C34H32O7. The quantitative estimate of drug-likeness (QED) is 0.106. The highest BCUT2D eigenvalue weighted by atomic mass is 16.5. The van der Waals surface area contributed by atoms with Crippen LogP contribution in [0.2, 0.25) is 0 Å². The summed E-state index contributed by atoms with van der Waals surface area (Å²) >= 11 is 0. The summed E-state index contributed by atoms with van der Waals surface area (Å²) in [5, 5.41) is 0. The lowest BCUT2D eigenvalue weighted by molar-refractivity contribution is 0.0543. The van der Waals surface area contributed by atoms with Crippen LogP contribution in [0.4, 0.5) is 0 Å². The molecule has 0 spiro atoms. The molecule has 0 saturated heterocycles. The Morgan fingerprint density at radius 1 is 0.707 bits per heavy atom. The fourth-order valence-electron chi connectivity index (χ4n) is 4.21. The van der Waals surface area contributed by atoms with E-state index >= 15 is 0 Å². The number of benzene rings is 4. The lowest BCUT2D eigenvalue weighted by Gasteiger charge is -2.17. The first kappa shape index (κ1) is 29.0. The van der Waals surface area contributed by atoms with E-state index in [0.29, 0.717) is 22.6 Å². The summed E-state index contributed by atoms with van der Waals surface area (Å²) in [5.74, 6) is 0.141. The second-order valence-electron chi connectivity index (χ2n) is 9.26. The standard InChI is InChI=1S/C34H32O7/c1-5-16-38-33(35)31-24(3)18-28(20-30(31)40-22-26-14-10-7-11-15-26)41-34(36)32-23(2)17-27(37-4)19-29(32)39-21-25-12-8-6-9-13-25/h5-15,17-20H,1,16,21-22H2,2-4H3. The van der Waals surface area contributed by atoms with Crippen molar-refractivity contribution in [3.63, 3.8) is 0 Å². The molecule has 0 saturated carbocycles. The highest BCUT2D eigenvalue weighted by Gasteiger charge is 2.23. The molecule has 4 aromatic carbocycles. The molecule has 0 bridgehead atoms. The Bertz CT molecular complexity index is 1510. The summed E-state index contributed by atoms with van der Waals surface area (Å²) in [5.41, 5.74) is 3.52. The third-order valence-corrected chi connectivity index (χ3v) is 6.21. The third-order valence-electron chi connectivity index (χ3n) is 6.21. The number of hydrogen-bond acceptors (Lipinski definition) is 7. The minimum absolute atomic E-state index is 0.0512. The average molecular weight is 553 g/mol. The number of methoxy groups -OCH3 is 1. The van der Waals surface area contributed by atoms with Crippen LogP contribution in [0.5, 0.6) is 23.0 Å². The molecule has 0 aliphatic heterocycles. The Kier molecular flexibility index (Phi) is 9.78.